The van der Waals surface area contributed by atoms with E-state index >= 15 is 0 Å². The predicted octanol–water partition coefficient (Wildman–Crippen LogP) is 3.93. The molecule has 0 N–H and O–H groups in total. The monoisotopic (exact) mass is 362 g/mol. The molecular formula is C19H26N2O5. The van der Waals surface area contributed by atoms with Crippen LogP contribution in [0.4, 0.5) is 10.5 Å². The number of nitro groups is 1. The molecule has 2 atom stereocenters. The van der Waals surface area contributed by atoms with Gasteiger partial charge in [-0.05, 0) is 64.0 Å². The number of carbonyl (C=O) groups is 1. The quantitative estimate of drug-likeness (QED) is 0.601. The Morgan fingerprint density at radius 2 is 1.85 bits per heavy atom. The number of non-ortho nitro benzene ring substituents is 1. The summed E-state index contributed by atoms with van der Waals surface area (Å²) in [6.45, 7) is 8.86. The maximum Gasteiger partial charge on any atom is 0.410 e. The lowest BCUT2D eigenvalue weighted by Gasteiger charge is -2.25. The number of nitrogens with zero attached hydrogens (tertiary/aromatic N) is 2. The molecule has 1 amide bonds. The third kappa shape index (κ3) is 4.08. The summed E-state index contributed by atoms with van der Waals surface area (Å²) >= 11 is 0. The van der Waals surface area contributed by atoms with Crippen LogP contribution in [0, 0.1) is 28.9 Å². The number of likely N-dealkylation sites (tertiary alicyclic amines) is 1. The summed E-state index contributed by atoms with van der Waals surface area (Å²) in [5.74, 6) is 1.54. The van der Waals surface area contributed by atoms with Gasteiger partial charge in [0.15, 0.2) is 0 Å². The number of hydrogen-bond donors (Lipinski definition) is 0. The summed E-state index contributed by atoms with van der Waals surface area (Å²) < 4.78 is 11.6. The lowest BCUT2D eigenvalue weighted by atomic mass is 10.0. The predicted molar refractivity (Wildman–Crippen MR) is 96.3 cm³/mol. The molecule has 7 nitrogen and oxygen atoms in total. The lowest BCUT2D eigenvalue weighted by molar-refractivity contribution is -0.384. The van der Waals surface area contributed by atoms with Gasteiger partial charge in [-0.2, -0.15) is 0 Å². The minimum absolute atomic E-state index is 0.0751. The Kier molecular flexibility index (Phi) is 4.82. The summed E-state index contributed by atoms with van der Waals surface area (Å²) in [6.07, 6.45) is 1.63. The second kappa shape index (κ2) is 6.78. The van der Waals surface area contributed by atoms with Gasteiger partial charge >= 0.3 is 6.09 Å². The van der Waals surface area contributed by atoms with E-state index in [4.69, 9.17) is 9.47 Å². The molecule has 1 aromatic carbocycles. The molecule has 2 aliphatic rings. The fraction of sp³-hybridized carbons (Fsp3) is 0.632. The van der Waals surface area contributed by atoms with E-state index in [0.717, 1.165) is 18.4 Å². The number of ether oxygens (including phenoxy) is 2. The molecule has 1 saturated carbocycles. The molecular weight excluding hydrogens is 336 g/mol. The molecule has 0 aromatic heterocycles. The minimum Gasteiger partial charge on any atom is -0.490 e. The molecule has 7 heteroatoms. The Morgan fingerprint density at radius 1 is 1.23 bits per heavy atom. The number of carbonyl (C=O) groups excluding carboxylic acids is 1. The molecule has 2 fully saturated rings. The van der Waals surface area contributed by atoms with Gasteiger partial charge in [-0.25, -0.2) is 4.79 Å². The Bertz CT molecular complexity index is 698. The highest BCUT2D eigenvalue weighted by atomic mass is 16.6. The highest BCUT2D eigenvalue weighted by Crippen LogP contribution is 2.40. The van der Waals surface area contributed by atoms with Crippen molar-refractivity contribution in [2.75, 3.05) is 13.1 Å². The van der Waals surface area contributed by atoms with E-state index in [9.17, 15) is 14.9 Å². The van der Waals surface area contributed by atoms with E-state index in [1.54, 1.807) is 11.0 Å². The van der Waals surface area contributed by atoms with E-state index in [0.29, 0.717) is 30.7 Å². The van der Waals surface area contributed by atoms with Crippen molar-refractivity contribution < 1.29 is 19.2 Å². The van der Waals surface area contributed by atoms with Gasteiger partial charge in [-0.3, -0.25) is 10.1 Å². The van der Waals surface area contributed by atoms with Crippen molar-refractivity contribution in [1.82, 2.24) is 4.90 Å². The number of hydrogen-bond acceptors (Lipinski definition) is 5. The number of fused-ring (bicyclic) bond motifs is 1. The Hall–Kier alpha value is -2.31. The smallest absolute Gasteiger partial charge is 0.410 e. The molecule has 0 spiro atoms. The average molecular weight is 362 g/mol. The molecule has 1 saturated heterocycles. The summed E-state index contributed by atoms with van der Waals surface area (Å²) in [4.78, 5) is 24.4. The zero-order chi connectivity index (χ0) is 19.1. The van der Waals surface area contributed by atoms with Crippen LogP contribution < -0.4 is 4.74 Å². The standard InChI is InChI=1S/C19H26N2O5/c1-12-7-15(21(23)24)5-6-17(12)25-16-8-13-10-20(11-14(13)9-16)18(22)26-19(2,3)4/h5-7,13-14,16H,8-11H2,1-4H3. The van der Waals surface area contributed by atoms with Gasteiger partial charge in [-0.15, -0.1) is 0 Å². The molecule has 2 unspecified atom stereocenters. The van der Waals surface area contributed by atoms with E-state index in [2.05, 4.69) is 0 Å². The highest BCUT2D eigenvalue weighted by molar-refractivity contribution is 5.68. The van der Waals surface area contributed by atoms with Crippen LogP contribution >= 0.6 is 0 Å². The van der Waals surface area contributed by atoms with Gasteiger partial charge in [0.1, 0.15) is 11.4 Å². The van der Waals surface area contributed by atoms with Crippen molar-refractivity contribution in [1.29, 1.82) is 0 Å². The topological polar surface area (TPSA) is 81.9 Å². The summed E-state index contributed by atoms with van der Waals surface area (Å²) in [5.41, 5.74) is 0.367. The van der Waals surface area contributed by atoms with Gasteiger partial charge in [0.05, 0.1) is 11.0 Å². The lowest BCUT2D eigenvalue weighted by Crippen LogP contribution is -2.36. The van der Waals surface area contributed by atoms with Crippen LogP contribution in [-0.2, 0) is 4.74 Å². The Morgan fingerprint density at radius 3 is 2.35 bits per heavy atom. The fourth-order valence-corrected chi connectivity index (χ4v) is 3.88. The number of amides is 1. The third-order valence-corrected chi connectivity index (χ3v) is 5.02. The third-order valence-electron chi connectivity index (χ3n) is 5.02. The first-order valence-corrected chi connectivity index (χ1v) is 9.02. The average Bonchev–Trinajstić information content (AvgIpc) is 3.05. The van der Waals surface area contributed by atoms with Crippen molar-refractivity contribution in [3.63, 3.8) is 0 Å². The zero-order valence-electron chi connectivity index (χ0n) is 15.7. The van der Waals surface area contributed by atoms with E-state index in [-0.39, 0.29) is 17.9 Å². The largest absolute Gasteiger partial charge is 0.490 e. The summed E-state index contributed by atoms with van der Waals surface area (Å²) in [6, 6.07) is 4.69. The molecule has 3 rings (SSSR count). The van der Waals surface area contributed by atoms with Crippen LogP contribution in [0.15, 0.2) is 18.2 Å². The molecule has 26 heavy (non-hydrogen) atoms. The van der Waals surface area contributed by atoms with Gasteiger partial charge in [0, 0.05) is 25.2 Å². The van der Waals surface area contributed by atoms with E-state index < -0.39 is 10.5 Å². The van der Waals surface area contributed by atoms with Crippen molar-refractivity contribution in [3.05, 3.63) is 33.9 Å². The minimum atomic E-state index is -0.478. The highest BCUT2D eigenvalue weighted by Gasteiger charge is 2.44. The molecule has 0 bridgehead atoms. The molecule has 1 heterocycles. The van der Waals surface area contributed by atoms with Gasteiger partial charge in [-0.1, -0.05) is 0 Å². The van der Waals surface area contributed by atoms with Crippen molar-refractivity contribution in [2.45, 2.75) is 52.2 Å². The first-order valence-electron chi connectivity index (χ1n) is 9.02. The van der Waals surface area contributed by atoms with Gasteiger partial charge in [0.2, 0.25) is 0 Å². The number of rotatable bonds is 3. The summed E-state index contributed by atoms with van der Waals surface area (Å²) in [5, 5.41) is 10.8. The number of benzene rings is 1. The van der Waals surface area contributed by atoms with E-state index in [1.165, 1.54) is 12.1 Å². The van der Waals surface area contributed by atoms with Gasteiger partial charge in [0.25, 0.3) is 5.69 Å². The first-order chi connectivity index (χ1) is 12.1. The maximum atomic E-state index is 12.2. The van der Waals surface area contributed by atoms with Crippen molar-refractivity contribution in [2.24, 2.45) is 11.8 Å². The molecule has 1 aromatic rings. The molecule has 1 aliphatic carbocycles. The van der Waals surface area contributed by atoms with E-state index in [1.807, 2.05) is 27.7 Å². The molecule has 142 valence electrons. The van der Waals surface area contributed by atoms with Crippen LogP contribution in [-0.4, -0.2) is 40.7 Å². The maximum absolute atomic E-state index is 12.2. The molecule has 1 aliphatic heterocycles. The Balaban J connectivity index is 1.55. The van der Waals surface area contributed by atoms with Crippen molar-refractivity contribution in [3.8, 4) is 5.75 Å². The van der Waals surface area contributed by atoms with Crippen LogP contribution in [0.3, 0.4) is 0 Å². The SMILES string of the molecule is Cc1cc([N+](=O)[O-])ccc1OC1CC2CN(C(=O)OC(C)(C)C)CC2C1. The fourth-order valence-electron chi connectivity index (χ4n) is 3.88. The Labute approximate surface area is 153 Å². The zero-order valence-corrected chi connectivity index (χ0v) is 15.7. The van der Waals surface area contributed by atoms with Crippen LogP contribution in [0.2, 0.25) is 0 Å². The normalized spacial score (nSPS) is 25.1. The van der Waals surface area contributed by atoms with Crippen LogP contribution in [0.1, 0.15) is 39.2 Å². The first kappa shape index (κ1) is 18.5. The summed E-state index contributed by atoms with van der Waals surface area (Å²) in [7, 11) is 0. The van der Waals surface area contributed by atoms with Crippen LogP contribution in [0.25, 0.3) is 0 Å². The second-order valence-corrected chi connectivity index (χ2v) is 8.32. The number of nitro benzene ring substituents is 1. The van der Waals surface area contributed by atoms with Crippen molar-refractivity contribution >= 4 is 11.8 Å². The second-order valence-electron chi connectivity index (χ2n) is 8.32. The van der Waals surface area contributed by atoms with Gasteiger partial charge < -0.3 is 14.4 Å². The molecule has 0 radical (unpaired) electrons. The van der Waals surface area contributed by atoms with Crippen LogP contribution in [0.5, 0.6) is 5.75 Å². The number of aryl methyl sites for hydroxylation is 1.